The Balaban J connectivity index is 1.51. The number of aromatic nitrogens is 2. The van der Waals surface area contributed by atoms with Crippen molar-refractivity contribution in [1.29, 1.82) is 0 Å². The van der Waals surface area contributed by atoms with Crippen molar-refractivity contribution < 1.29 is 23.1 Å². The number of para-hydroxylation sites is 1. The lowest BCUT2D eigenvalue weighted by Gasteiger charge is -2.09. The predicted octanol–water partition coefficient (Wildman–Crippen LogP) is 2.57. The summed E-state index contributed by atoms with van der Waals surface area (Å²) in [6.07, 6.45) is 0. The fraction of sp³-hybridized carbons (Fsp3) is 0.211. The van der Waals surface area contributed by atoms with Gasteiger partial charge in [0.15, 0.2) is 0 Å². The highest BCUT2D eigenvalue weighted by molar-refractivity contribution is 5.69. The van der Waals surface area contributed by atoms with Gasteiger partial charge in [-0.2, -0.15) is 4.68 Å². The molecule has 7 nitrogen and oxygen atoms in total. The van der Waals surface area contributed by atoms with Gasteiger partial charge in [-0.15, -0.1) is 5.10 Å². The second-order valence-corrected chi connectivity index (χ2v) is 5.67. The molecule has 0 aliphatic heterocycles. The first-order valence-corrected chi connectivity index (χ1v) is 8.21. The average Bonchev–Trinajstić information content (AvgIpc) is 3.01. The predicted molar refractivity (Wildman–Crippen MR) is 93.8 cm³/mol. The molecule has 0 atom stereocenters. The third-order valence-electron chi connectivity index (χ3n) is 3.67. The van der Waals surface area contributed by atoms with E-state index in [1.807, 2.05) is 31.2 Å². The number of aryl methyl sites for hydroxylation is 1. The summed E-state index contributed by atoms with van der Waals surface area (Å²) in [5.74, 6) is -1.16. The SMILES string of the molecule is Cc1ccccc1OCCOC(=O)Cn1nc(-c2ccc(F)cc2)oc1=O. The summed E-state index contributed by atoms with van der Waals surface area (Å²) in [6, 6.07) is 12.8. The lowest BCUT2D eigenvalue weighted by Crippen LogP contribution is -2.24. The number of carbonyl (C=O) groups excluding carboxylic acids is 1. The van der Waals surface area contributed by atoms with Gasteiger partial charge in [0.1, 0.15) is 31.3 Å². The third kappa shape index (κ3) is 4.81. The first-order chi connectivity index (χ1) is 13.0. The Bertz CT molecular complexity index is 978. The molecule has 8 heteroatoms. The van der Waals surface area contributed by atoms with Gasteiger partial charge in [0.25, 0.3) is 0 Å². The molecule has 3 aromatic rings. The number of rotatable bonds is 7. The minimum atomic E-state index is -0.803. The Morgan fingerprint density at radius 3 is 2.63 bits per heavy atom. The van der Waals surface area contributed by atoms with Crippen molar-refractivity contribution >= 4 is 5.97 Å². The topological polar surface area (TPSA) is 83.6 Å². The van der Waals surface area contributed by atoms with E-state index in [2.05, 4.69) is 5.10 Å². The van der Waals surface area contributed by atoms with E-state index in [0.717, 1.165) is 10.2 Å². The second-order valence-electron chi connectivity index (χ2n) is 5.67. The average molecular weight is 372 g/mol. The fourth-order valence-corrected chi connectivity index (χ4v) is 2.31. The molecular formula is C19H17FN2O5. The van der Waals surface area contributed by atoms with Gasteiger partial charge in [-0.25, -0.2) is 9.18 Å². The van der Waals surface area contributed by atoms with Crippen molar-refractivity contribution in [2.75, 3.05) is 13.2 Å². The summed E-state index contributed by atoms with van der Waals surface area (Å²) >= 11 is 0. The van der Waals surface area contributed by atoms with E-state index in [0.29, 0.717) is 11.3 Å². The molecule has 0 amide bonds. The Morgan fingerprint density at radius 1 is 1.15 bits per heavy atom. The van der Waals surface area contributed by atoms with Crippen LogP contribution in [0.5, 0.6) is 5.75 Å². The van der Waals surface area contributed by atoms with E-state index in [-0.39, 0.29) is 19.1 Å². The highest BCUT2D eigenvalue weighted by atomic mass is 19.1. The first-order valence-electron chi connectivity index (χ1n) is 8.21. The van der Waals surface area contributed by atoms with Crippen LogP contribution in [-0.4, -0.2) is 29.0 Å². The molecule has 1 heterocycles. The molecule has 0 saturated carbocycles. The van der Waals surface area contributed by atoms with E-state index in [1.165, 1.54) is 24.3 Å². The molecule has 27 heavy (non-hydrogen) atoms. The fourth-order valence-electron chi connectivity index (χ4n) is 2.31. The zero-order valence-electron chi connectivity index (χ0n) is 14.6. The summed E-state index contributed by atoms with van der Waals surface area (Å²) in [6.45, 7) is 1.74. The van der Waals surface area contributed by atoms with Crippen LogP contribution in [0, 0.1) is 12.7 Å². The Kier molecular flexibility index (Phi) is 5.65. The summed E-state index contributed by atoms with van der Waals surface area (Å²) in [5.41, 5.74) is 1.40. The summed E-state index contributed by atoms with van der Waals surface area (Å²) in [7, 11) is 0. The quantitative estimate of drug-likeness (QED) is 0.468. The highest BCUT2D eigenvalue weighted by Crippen LogP contribution is 2.16. The second kappa shape index (κ2) is 8.31. The monoisotopic (exact) mass is 372 g/mol. The molecular weight excluding hydrogens is 355 g/mol. The Morgan fingerprint density at radius 2 is 1.89 bits per heavy atom. The van der Waals surface area contributed by atoms with E-state index < -0.39 is 24.1 Å². The smallest absolute Gasteiger partial charge is 0.437 e. The Hall–Kier alpha value is -3.42. The van der Waals surface area contributed by atoms with Crippen molar-refractivity contribution in [3.05, 3.63) is 70.5 Å². The van der Waals surface area contributed by atoms with Crippen LogP contribution in [0.25, 0.3) is 11.5 Å². The summed E-state index contributed by atoms with van der Waals surface area (Å²) in [5, 5.41) is 3.92. The minimum Gasteiger partial charge on any atom is -0.490 e. The number of hydrogen-bond donors (Lipinski definition) is 0. The molecule has 0 radical (unpaired) electrons. The van der Waals surface area contributed by atoms with Crippen molar-refractivity contribution in [2.45, 2.75) is 13.5 Å². The van der Waals surface area contributed by atoms with Crippen molar-refractivity contribution in [2.24, 2.45) is 0 Å². The number of hydrogen-bond acceptors (Lipinski definition) is 6. The van der Waals surface area contributed by atoms with Crippen molar-refractivity contribution in [1.82, 2.24) is 9.78 Å². The molecule has 3 rings (SSSR count). The summed E-state index contributed by atoms with van der Waals surface area (Å²) in [4.78, 5) is 23.7. The molecule has 2 aromatic carbocycles. The molecule has 140 valence electrons. The van der Waals surface area contributed by atoms with E-state index in [9.17, 15) is 14.0 Å². The van der Waals surface area contributed by atoms with E-state index >= 15 is 0 Å². The van der Waals surface area contributed by atoms with E-state index in [4.69, 9.17) is 13.9 Å². The van der Waals surface area contributed by atoms with Gasteiger partial charge in [0.2, 0.25) is 5.89 Å². The Labute approximate surface area is 153 Å². The number of ether oxygens (including phenoxy) is 2. The van der Waals surface area contributed by atoms with Gasteiger partial charge >= 0.3 is 11.7 Å². The number of carbonyl (C=O) groups is 1. The number of nitrogens with zero attached hydrogens (tertiary/aromatic N) is 2. The van der Waals surface area contributed by atoms with Crippen LogP contribution in [0.15, 0.2) is 57.7 Å². The van der Waals surface area contributed by atoms with Crippen LogP contribution < -0.4 is 10.5 Å². The standard InChI is InChI=1S/C19H17FN2O5/c1-13-4-2-3-5-16(13)25-10-11-26-17(23)12-22-19(24)27-18(21-22)14-6-8-15(20)9-7-14/h2-9H,10-12H2,1H3. The molecule has 0 N–H and O–H groups in total. The maximum atomic E-state index is 12.9. The maximum absolute atomic E-state index is 12.9. The first kappa shape index (κ1) is 18.4. The highest BCUT2D eigenvalue weighted by Gasteiger charge is 2.14. The third-order valence-corrected chi connectivity index (χ3v) is 3.67. The molecule has 0 bridgehead atoms. The molecule has 0 spiro atoms. The normalized spacial score (nSPS) is 10.6. The molecule has 0 unspecified atom stereocenters. The van der Waals surface area contributed by atoms with Crippen LogP contribution in [0.4, 0.5) is 4.39 Å². The number of esters is 1. The minimum absolute atomic E-state index is 0.00399. The van der Waals surface area contributed by atoms with Gasteiger partial charge in [-0.3, -0.25) is 4.79 Å². The zero-order valence-corrected chi connectivity index (χ0v) is 14.6. The zero-order chi connectivity index (χ0) is 19.2. The lowest BCUT2D eigenvalue weighted by atomic mass is 10.2. The van der Waals surface area contributed by atoms with Gasteiger partial charge in [0, 0.05) is 5.56 Å². The maximum Gasteiger partial charge on any atom is 0.437 e. The lowest BCUT2D eigenvalue weighted by molar-refractivity contribution is -0.145. The van der Waals surface area contributed by atoms with Crippen LogP contribution in [-0.2, 0) is 16.1 Å². The van der Waals surface area contributed by atoms with Crippen molar-refractivity contribution in [3.63, 3.8) is 0 Å². The molecule has 0 aliphatic rings. The van der Waals surface area contributed by atoms with Gasteiger partial charge < -0.3 is 13.9 Å². The van der Waals surface area contributed by atoms with Gasteiger partial charge in [-0.1, -0.05) is 18.2 Å². The van der Waals surface area contributed by atoms with Crippen LogP contribution in [0.1, 0.15) is 5.56 Å². The summed E-state index contributed by atoms with van der Waals surface area (Å²) < 4.78 is 29.3. The number of halogens is 1. The number of benzene rings is 2. The van der Waals surface area contributed by atoms with Crippen LogP contribution in [0.3, 0.4) is 0 Å². The van der Waals surface area contributed by atoms with Crippen LogP contribution in [0.2, 0.25) is 0 Å². The van der Waals surface area contributed by atoms with E-state index in [1.54, 1.807) is 0 Å². The largest absolute Gasteiger partial charge is 0.490 e. The van der Waals surface area contributed by atoms with Crippen molar-refractivity contribution in [3.8, 4) is 17.2 Å². The van der Waals surface area contributed by atoms with Gasteiger partial charge in [-0.05, 0) is 42.8 Å². The molecule has 0 fully saturated rings. The van der Waals surface area contributed by atoms with Crippen LogP contribution >= 0.6 is 0 Å². The molecule has 0 saturated heterocycles. The molecule has 1 aromatic heterocycles. The van der Waals surface area contributed by atoms with Gasteiger partial charge in [0.05, 0.1) is 0 Å². The molecule has 0 aliphatic carbocycles.